The van der Waals surface area contributed by atoms with Crippen molar-refractivity contribution in [3.63, 3.8) is 0 Å². The maximum absolute atomic E-state index is 13.9. The Morgan fingerprint density at radius 1 is 1.19 bits per heavy atom. The van der Waals surface area contributed by atoms with Crippen molar-refractivity contribution in [2.45, 2.75) is 4.90 Å². The number of hydrogen-bond acceptors (Lipinski definition) is 5. The molecule has 2 aromatic carbocycles. The molecule has 140 valence electrons. The average Bonchev–Trinajstić information content (AvgIpc) is 2.68. The molecule has 0 unspecified atom stereocenters. The molecule has 0 aliphatic carbocycles. The maximum Gasteiger partial charge on any atom is 0.259 e. The Hall–Kier alpha value is -3.04. The second-order valence-corrected chi connectivity index (χ2v) is 7.40. The van der Waals surface area contributed by atoms with Crippen LogP contribution in [-0.2, 0) is 10.0 Å². The minimum atomic E-state index is -3.74. The Morgan fingerprint density at radius 3 is 2.67 bits per heavy atom. The molecule has 0 spiro atoms. The largest absolute Gasteiger partial charge is 0.496 e. The first-order valence-electron chi connectivity index (χ1n) is 7.83. The summed E-state index contributed by atoms with van der Waals surface area (Å²) in [4.78, 5) is 16.7. The number of nitrogens with one attached hydrogen (secondary N) is 2. The Balaban J connectivity index is 2.04. The summed E-state index contributed by atoms with van der Waals surface area (Å²) in [5.41, 5.74) is 0.484. The van der Waals surface area contributed by atoms with Crippen molar-refractivity contribution in [3.8, 4) is 5.75 Å². The van der Waals surface area contributed by atoms with Gasteiger partial charge >= 0.3 is 0 Å². The number of anilines is 1. The molecule has 0 saturated heterocycles. The van der Waals surface area contributed by atoms with Crippen molar-refractivity contribution in [2.75, 3.05) is 19.5 Å². The molecule has 1 amide bonds. The lowest BCUT2D eigenvalue weighted by Crippen LogP contribution is -2.20. The number of carbonyl (C=O) groups is 1. The van der Waals surface area contributed by atoms with Gasteiger partial charge in [-0.25, -0.2) is 17.5 Å². The third-order valence-electron chi connectivity index (χ3n) is 3.96. The highest BCUT2D eigenvalue weighted by Crippen LogP contribution is 2.27. The Bertz CT molecular complexity index is 1130. The van der Waals surface area contributed by atoms with Gasteiger partial charge in [-0.15, -0.1) is 0 Å². The summed E-state index contributed by atoms with van der Waals surface area (Å²) in [6.07, 6.45) is 1.38. The van der Waals surface area contributed by atoms with Crippen LogP contribution < -0.4 is 14.8 Å². The van der Waals surface area contributed by atoms with Gasteiger partial charge in [-0.3, -0.25) is 9.78 Å². The van der Waals surface area contributed by atoms with Crippen LogP contribution in [0.5, 0.6) is 5.75 Å². The smallest absolute Gasteiger partial charge is 0.259 e. The molecule has 9 heteroatoms. The molecule has 0 radical (unpaired) electrons. The van der Waals surface area contributed by atoms with E-state index in [4.69, 9.17) is 4.74 Å². The molecule has 0 aliphatic heterocycles. The lowest BCUT2D eigenvalue weighted by molar-refractivity contribution is 0.102. The van der Waals surface area contributed by atoms with Gasteiger partial charge in [0.1, 0.15) is 17.1 Å². The molecule has 1 aromatic heterocycles. The number of ether oxygens (including phenoxy) is 1. The quantitative estimate of drug-likeness (QED) is 0.699. The standard InChI is InChI=1S/C18H16FN3O4S/c1-20-27(24,25)11-6-7-16(26-2)13(10-11)18(23)22-15-8-9-21-17-12(15)4-3-5-14(17)19/h3-10,20H,1-2H3,(H,21,22,23). The van der Waals surface area contributed by atoms with Crippen LogP contribution in [0.1, 0.15) is 10.4 Å². The highest BCUT2D eigenvalue weighted by atomic mass is 32.2. The first-order valence-corrected chi connectivity index (χ1v) is 9.32. The van der Waals surface area contributed by atoms with Crippen LogP contribution in [0.2, 0.25) is 0 Å². The van der Waals surface area contributed by atoms with E-state index >= 15 is 0 Å². The number of amides is 1. The van der Waals surface area contributed by atoms with Crippen molar-refractivity contribution >= 4 is 32.5 Å². The van der Waals surface area contributed by atoms with E-state index in [2.05, 4.69) is 15.0 Å². The molecule has 3 rings (SSSR count). The number of hydrogen-bond donors (Lipinski definition) is 2. The Labute approximate surface area is 155 Å². The lowest BCUT2D eigenvalue weighted by atomic mass is 10.1. The summed E-state index contributed by atoms with van der Waals surface area (Å²) in [5.74, 6) is -0.910. The van der Waals surface area contributed by atoms with Gasteiger partial charge in [0.15, 0.2) is 0 Å². The lowest BCUT2D eigenvalue weighted by Gasteiger charge is -2.12. The molecule has 1 heterocycles. The fourth-order valence-electron chi connectivity index (χ4n) is 2.59. The number of nitrogens with zero attached hydrogens (tertiary/aromatic N) is 1. The van der Waals surface area contributed by atoms with Crippen LogP contribution in [0.25, 0.3) is 10.9 Å². The van der Waals surface area contributed by atoms with Crippen LogP contribution in [0.15, 0.2) is 53.6 Å². The van der Waals surface area contributed by atoms with E-state index < -0.39 is 21.7 Å². The summed E-state index contributed by atoms with van der Waals surface area (Å²) >= 11 is 0. The van der Waals surface area contributed by atoms with Crippen LogP contribution in [0, 0.1) is 5.82 Å². The van der Waals surface area contributed by atoms with Crippen molar-refractivity contribution in [3.05, 3.63) is 60.0 Å². The van der Waals surface area contributed by atoms with Gasteiger partial charge in [0.2, 0.25) is 10.0 Å². The topological polar surface area (TPSA) is 97.4 Å². The number of methoxy groups -OCH3 is 1. The van der Waals surface area contributed by atoms with E-state index in [1.165, 1.54) is 56.8 Å². The van der Waals surface area contributed by atoms with Gasteiger partial charge < -0.3 is 10.1 Å². The molecule has 0 aliphatic rings. The van der Waals surface area contributed by atoms with Crippen LogP contribution in [0.4, 0.5) is 10.1 Å². The number of fused-ring (bicyclic) bond motifs is 1. The van der Waals surface area contributed by atoms with E-state index in [0.29, 0.717) is 11.1 Å². The first-order chi connectivity index (χ1) is 12.9. The van der Waals surface area contributed by atoms with Gasteiger partial charge in [-0.05, 0) is 37.4 Å². The SMILES string of the molecule is CNS(=O)(=O)c1ccc(OC)c(C(=O)Nc2ccnc3c(F)cccc23)c1. The zero-order valence-corrected chi connectivity index (χ0v) is 15.3. The molecule has 0 fully saturated rings. The number of rotatable bonds is 5. The van der Waals surface area contributed by atoms with Gasteiger partial charge in [-0.1, -0.05) is 12.1 Å². The monoisotopic (exact) mass is 389 g/mol. The predicted octanol–water partition coefficient (Wildman–Crippen LogP) is 2.54. The van der Waals surface area contributed by atoms with E-state index in [1.807, 2.05) is 0 Å². The maximum atomic E-state index is 13.9. The van der Waals surface area contributed by atoms with Crippen molar-refractivity contribution < 1.29 is 22.3 Å². The van der Waals surface area contributed by atoms with Gasteiger partial charge in [0.05, 0.1) is 23.3 Å². The molecule has 3 aromatic rings. The zero-order valence-electron chi connectivity index (χ0n) is 14.5. The number of pyridine rings is 1. The molecule has 2 N–H and O–H groups in total. The predicted molar refractivity (Wildman–Crippen MR) is 98.9 cm³/mol. The first kappa shape index (κ1) is 18.7. The van der Waals surface area contributed by atoms with Gasteiger partial charge in [0, 0.05) is 11.6 Å². The fraction of sp³-hybridized carbons (Fsp3) is 0.111. The summed E-state index contributed by atoms with van der Waals surface area (Å²) in [5, 5.41) is 3.08. The Morgan fingerprint density at radius 2 is 1.96 bits per heavy atom. The fourth-order valence-corrected chi connectivity index (χ4v) is 3.34. The number of sulfonamides is 1. The number of para-hydroxylation sites is 1. The number of carbonyl (C=O) groups excluding carboxylic acids is 1. The van der Waals surface area contributed by atoms with E-state index in [9.17, 15) is 17.6 Å². The Kier molecular flexibility index (Phi) is 5.06. The minimum Gasteiger partial charge on any atom is -0.496 e. The van der Waals surface area contributed by atoms with Crippen molar-refractivity contribution in [1.29, 1.82) is 0 Å². The van der Waals surface area contributed by atoms with E-state index in [-0.39, 0.29) is 21.7 Å². The van der Waals surface area contributed by atoms with Crippen LogP contribution in [0.3, 0.4) is 0 Å². The normalized spacial score (nSPS) is 11.4. The number of halogens is 1. The summed E-state index contributed by atoms with van der Waals surface area (Å²) < 4.78 is 45.3. The zero-order chi connectivity index (χ0) is 19.6. The van der Waals surface area contributed by atoms with Gasteiger partial charge in [-0.2, -0.15) is 0 Å². The summed E-state index contributed by atoms with van der Waals surface area (Å²) in [7, 11) is -1.09. The van der Waals surface area contributed by atoms with Crippen LogP contribution in [-0.4, -0.2) is 33.5 Å². The van der Waals surface area contributed by atoms with Crippen molar-refractivity contribution in [2.24, 2.45) is 0 Å². The van der Waals surface area contributed by atoms with Crippen molar-refractivity contribution in [1.82, 2.24) is 9.71 Å². The highest BCUT2D eigenvalue weighted by Gasteiger charge is 2.19. The average molecular weight is 389 g/mol. The molecular formula is C18H16FN3O4S. The second kappa shape index (κ2) is 7.29. The molecule has 7 nitrogen and oxygen atoms in total. The molecule has 0 saturated carbocycles. The van der Waals surface area contributed by atoms with E-state index in [1.54, 1.807) is 6.07 Å². The summed E-state index contributed by atoms with van der Waals surface area (Å²) in [6, 6.07) is 9.87. The van der Waals surface area contributed by atoms with Gasteiger partial charge in [0.25, 0.3) is 5.91 Å². The third-order valence-corrected chi connectivity index (χ3v) is 5.38. The summed E-state index contributed by atoms with van der Waals surface area (Å²) in [6.45, 7) is 0. The molecular weight excluding hydrogens is 373 g/mol. The van der Waals surface area contributed by atoms with Crippen LogP contribution >= 0.6 is 0 Å². The number of aromatic nitrogens is 1. The molecule has 0 bridgehead atoms. The second-order valence-electron chi connectivity index (χ2n) is 5.52. The van der Waals surface area contributed by atoms with E-state index in [0.717, 1.165) is 0 Å². The molecule has 27 heavy (non-hydrogen) atoms. The highest BCUT2D eigenvalue weighted by molar-refractivity contribution is 7.89. The third kappa shape index (κ3) is 3.60. The minimum absolute atomic E-state index is 0.0233. The number of benzene rings is 2. The molecule has 0 atom stereocenters.